The molecular weight excluding hydrogens is 524 g/mol. The second-order valence-corrected chi connectivity index (χ2v) is 10.8. The lowest BCUT2D eigenvalue weighted by Gasteiger charge is -2.31. The molecule has 2 aliphatic heterocycles. The zero-order valence-corrected chi connectivity index (χ0v) is 23.9. The molecule has 0 saturated carbocycles. The normalized spacial score (nSPS) is 19.0. The van der Waals surface area contributed by atoms with Gasteiger partial charge in [0.1, 0.15) is 5.75 Å². The smallest absolute Gasteiger partial charge is 0.274 e. The van der Waals surface area contributed by atoms with Gasteiger partial charge in [0.05, 0.1) is 12.5 Å². The molecule has 3 aromatic rings. The van der Waals surface area contributed by atoms with Crippen LogP contribution >= 0.6 is 0 Å². The van der Waals surface area contributed by atoms with Crippen molar-refractivity contribution < 1.29 is 28.7 Å². The van der Waals surface area contributed by atoms with Gasteiger partial charge in [0.15, 0.2) is 6.29 Å². The number of imide groups is 1. The van der Waals surface area contributed by atoms with Crippen LogP contribution in [-0.2, 0) is 32.3 Å². The third-order valence-electron chi connectivity index (χ3n) is 7.70. The first-order valence-corrected chi connectivity index (χ1v) is 14.2. The molecule has 2 unspecified atom stereocenters. The highest BCUT2D eigenvalue weighted by molar-refractivity contribution is 5.98. The number of rotatable bonds is 10. The summed E-state index contributed by atoms with van der Waals surface area (Å²) in [5.74, 6) is -0.285. The average Bonchev–Trinajstić information content (AvgIpc) is 3.30. The lowest BCUT2D eigenvalue weighted by Crippen LogP contribution is -2.40. The number of likely N-dealkylation sites (N-methyl/N-ethyl adjacent to an activating group) is 2. The van der Waals surface area contributed by atoms with Crippen molar-refractivity contribution in [1.82, 2.24) is 19.8 Å². The predicted octanol–water partition coefficient (Wildman–Crippen LogP) is 3.81. The Morgan fingerprint density at radius 2 is 1.98 bits per heavy atom. The number of aromatic nitrogens is 1. The van der Waals surface area contributed by atoms with Crippen LogP contribution in [0, 0.1) is 0 Å². The minimum Gasteiger partial charge on any atom is -0.494 e. The van der Waals surface area contributed by atoms with Crippen LogP contribution in [-0.4, -0.2) is 72.7 Å². The summed E-state index contributed by atoms with van der Waals surface area (Å²) in [5.41, 5.74) is 6.96. The van der Waals surface area contributed by atoms with E-state index in [2.05, 4.69) is 21.9 Å². The molecule has 41 heavy (non-hydrogen) atoms. The van der Waals surface area contributed by atoms with Crippen LogP contribution in [0.4, 0.5) is 0 Å². The fraction of sp³-hybridized carbons (Fsp3) is 0.452. The predicted molar refractivity (Wildman–Crippen MR) is 153 cm³/mol. The Hall–Kier alpha value is -3.73. The van der Waals surface area contributed by atoms with Gasteiger partial charge in [-0.15, -0.1) is 0 Å². The van der Waals surface area contributed by atoms with Gasteiger partial charge < -0.3 is 14.0 Å². The molecule has 0 aliphatic carbocycles. The van der Waals surface area contributed by atoms with Crippen molar-refractivity contribution in [3.05, 3.63) is 64.8 Å². The molecular formula is C31H38N4O6. The van der Waals surface area contributed by atoms with Gasteiger partial charge in [-0.3, -0.25) is 24.2 Å². The highest BCUT2D eigenvalue weighted by Gasteiger charge is 2.36. The maximum Gasteiger partial charge on any atom is 0.274 e. The van der Waals surface area contributed by atoms with Gasteiger partial charge in [-0.25, -0.2) is 10.3 Å². The summed E-state index contributed by atoms with van der Waals surface area (Å²) in [7, 11) is 3.49. The molecule has 0 radical (unpaired) electrons. The number of nitrogens with one attached hydrogen (secondary N) is 1. The number of fused-ring (bicyclic) bond motifs is 3. The molecule has 1 N–H and O–H groups in total. The van der Waals surface area contributed by atoms with E-state index in [1.165, 1.54) is 7.05 Å². The third kappa shape index (κ3) is 6.29. The summed E-state index contributed by atoms with van der Waals surface area (Å²) in [6.45, 7) is 5.02. The summed E-state index contributed by atoms with van der Waals surface area (Å²) in [6, 6.07) is 13.4. The number of carbonyl (C=O) groups is 3. The van der Waals surface area contributed by atoms with Crippen LogP contribution in [0.5, 0.6) is 5.75 Å². The quantitative estimate of drug-likeness (QED) is 0.296. The molecule has 2 atom stereocenters. The second kappa shape index (κ2) is 12.8. The van der Waals surface area contributed by atoms with Gasteiger partial charge in [-0.2, -0.15) is 0 Å². The van der Waals surface area contributed by atoms with E-state index in [0.29, 0.717) is 44.8 Å². The van der Waals surface area contributed by atoms with Gasteiger partial charge in [0.2, 0.25) is 12.3 Å². The lowest BCUT2D eigenvalue weighted by atomic mass is 9.91. The number of carbonyl (C=O) groups excluding carboxylic acids is 3. The maximum absolute atomic E-state index is 13.3. The Balaban J connectivity index is 1.44. The Kier molecular flexibility index (Phi) is 9.02. The maximum atomic E-state index is 13.3. The molecule has 0 bridgehead atoms. The Morgan fingerprint density at radius 1 is 1.17 bits per heavy atom. The number of hydroxylamine groups is 1. The zero-order chi connectivity index (χ0) is 28.9. The fourth-order valence-corrected chi connectivity index (χ4v) is 5.61. The van der Waals surface area contributed by atoms with E-state index >= 15 is 0 Å². The molecule has 1 aromatic heterocycles. The van der Waals surface area contributed by atoms with Gasteiger partial charge in [-0.1, -0.05) is 19.1 Å². The largest absolute Gasteiger partial charge is 0.494 e. The van der Waals surface area contributed by atoms with Crippen LogP contribution in [0.1, 0.15) is 65.7 Å². The van der Waals surface area contributed by atoms with Crippen LogP contribution in [0.2, 0.25) is 0 Å². The van der Waals surface area contributed by atoms with E-state index < -0.39 is 12.2 Å². The van der Waals surface area contributed by atoms with Crippen molar-refractivity contribution >= 4 is 29.1 Å². The zero-order valence-electron chi connectivity index (χ0n) is 23.9. The van der Waals surface area contributed by atoms with Gasteiger partial charge in [0, 0.05) is 61.9 Å². The van der Waals surface area contributed by atoms with Crippen molar-refractivity contribution in [2.75, 3.05) is 33.9 Å². The summed E-state index contributed by atoms with van der Waals surface area (Å²) in [6.07, 6.45) is 3.82. The summed E-state index contributed by atoms with van der Waals surface area (Å²) in [4.78, 5) is 46.1. The van der Waals surface area contributed by atoms with Crippen molar-refractivity contribution in [3.8, 4) is 5.75 Å². The molecule has 10 nitrogen and oxygen atoms in total. The number of benzene rings is 2. The van der Waals surface area contributed by atoms with Crippen molar-refractivity contribution in [3.63, 3.8) is 0 Å². The summed E-state index contributed by atoms with van der Waals surface area (Å²) in [5, 5.41) is 0.956. The molecule has 1 saturated heterocycles. The molecule has 2 aromatic carbocycles. The van der Waals surface area contributed by atoms with Gasteiger partial charge in [-0.05, 0) is 67.8 Å². The Morgan fingerprint density at radius 3 is 2.68 bits per heavy atom. The van der Waals surface area contributed by atoms with Crippen LogP contribution in [0.3, 0.4) is 0 Å². The molecule has 218 valence electrons. The van der Waals surface area contributed by atoms with E-state index in [0.717, 1.165) is 64.1 Å². The van der Waals surface area contributed by atoms with E-state index in [4.69, 9.17) is 14.3 Å². The van der Waals surface area contributed by atoms with Crippen molar-refractivity contribution in [2.24, 2.45) is 0 Å². The number of amides is 3. The molecule has 0 spiro atoms. The minimum atomic E-state index is -0.483. The minimum absolute atomic E-state index is 0.233. The van der Waals surface area contributed by atoms with Crippen molar-refractivity contribution in [1.29, 1.82) is 0 Å². The first-order chi connectivity index (χ1) is 19.9. The van der Waals surface area contributed by atoms with Crippen molar-refractivity contribution in [2.45, 2.75) is 57.9 Å². The molecule has 3 heterocycles. The van der Waals surface area contributed by atoms with Crippen LogP contribution < -0.4 is 10.2 Å². The number of ether oxygens (including phenoxy) is 2. The summed E-state index contributed by atoms with van der Waals surface area (Å²) >= 11 is 0. The average molecular weight is 563 g/mol. The second-order valence-electron chi connectivity index (χ2n) is 10.8. The number of hydrogen-bond acceptors (Lipinski definition) is 7. The standard InChI is InChI=1S/C31H38N4O6/c1-4-14-39-23-12-13-26-24(16-23)29-25(31(38)34(3)20-36)18-33(2)19-27(29)35(26)17-21-8-10-22(11-9-21)30(37)32-41-28-7-5-6-15-40-28/h8-13,16,20,25,28H,4-7,14-15,17-19H2,1-3H3,(H,32,37). The first kappa shape index (κ1) is 28.8. The monoisotopic (exact) mass is 562 g/mol. The topological polar surface area (TPSA) is 102 Å². The summed E-state index contributed by atoms with van der Waals surface area (Å²) < 4.78 is 13.7. The van der Waals surface area contributed by atoms with Crippen LogP contribution in [0.25, 0.3) is 10.9 Å². The van der Waals surface area contributed by atoms with Gasteiger partial charge >= 0.3 is 0 Å². The Labute approximate surface area is 240 Å². The first-order valence-electron chi connectivity index (χ1n) is 14.2. The molecule has 1 fully saturated rings. The molecule has 5 rings (SSSR count). The fourth-order valence-electron chi connectivity index (χ4n) is 5.61. The van der Waals surface area contributed by atoms with Gasteiger partial charge in [0.25, 0.3) is 5.91 Å². The number of nitrogens with zero attached hydrogens (tertiary/aromatic N) is 3. The number of hydrogen-bond donors (Lipinski definition) is 1. The molecule has 3 amide bonds. The van der Waals surface area contributed by atoms with E-state index in [9.17, 15) is 14.4 Å². The third-order valence-corrected chi connectivity index (χ3v) is 7.70. The SMILES string of the molecule is CCCOc1ccc2c(c1)c1c(n2Cc2ccc(C(=O)NOC3CCCCO3)cc2)CN(C)CC1C(=O)N(C)C=O. The highest BCUT2D eigenvalue weighted by Crippen LogP contribution is 2.39. The van der Waals surface area contributed by atoms with E-state index in [1.807, 2.05) is 37.4 Å². The van der Waals surface area contributed by atoms with E-state index in [-0.39, 0.29) is 11.8 Å². The van der Waals surface area contributed by atoms with E-state index in [1.54, 1.807) is 12.1 Å². The lowest BCUT2D eigenvalue weighted by molar-refractivity contribution is -0.186. The van der Waals surface area contributed by atoms with Crippen LogP contribution in [0.15, 0.2) is 42.5 Å². The Bertz CT molecular complexity index is 1400. The molecule has 2 aliphatic rings. The molecule has 10 heteroatoms. The highest BCUT2D eigenvalue weighted by atomic mass is 16.8.